The number of hydrogen-bond acceptors (Lipinski definition) is 4. The first-order valence-corrected chi connectivity index (χ1v) is 7.29. The van der Waals surface area contributed by atoms with E-state index < -0.39 is 28.6 Å². The van der Waals surface area contributed by atoms with E-state index >= 15 is 0 Å². The molecule has 2 aromatic rings. The number of para-hydroxylation sites is 1. The molecule has 0 saturated carbocycles. The minimum Gasteiger partial charge on any atom is -0.265 e. The standard InChI is InChI=1S/C12H10F3NO3S/c1-20(17,18)19-7-8-6-11(12(13,14)15)16-10-5-3-2-4-9(8)10/h2-6H,7H2,1H3. The van der Waals surface area contributed by atoms with Crippen molar-refractivity contribution >= 4 is 21.0 Å². The van der Waals surface area contributed by atoms with Crippen molar-refractivity contribution in [2.75, 3.05) is 6.26 Å². The second kappa shape index (κ2) is 5.02. The molecule has 0 saturated heterocycles. The summed E-state index contributed by atoms with van der Waals surface area (Å²) in [6.07, 6.45) is -3.77. The molecule has 0 radical (unpaired) electrons. The van der Waals surface area contributed by atoms with Crippen LogP contribution in [0.5, 0.6) is 0 Å². The van der Waals surface area contributed by atoms with Crippen LogP contribution in [0.4, 0.5) is 13.2 Å². The molecule has 0 unspecified atom stereocenters. The highest BCUT2D eigenvalue weighted by molar-refractivity contribution is 7.85. The molecule has 0 aliphatic rings. The van der Waals surface area contributed by atoms with Crippen molar-refractivity contribution in [2.45, 2.75) is 12.8 Å². The molecule has 20 heavy (non-hydrogen) atoms. The maximum Gasteiger partial charge on any atom is 0.433 e. The highest BCUT2D eigenvalue weighted by atomic mass is 32.2. The summed E-state index contributed by atoms with van der Waals surface area (Å²) in [5.74, 6) is 0. The van der Waals surface area contributed by atoms with E-state index in [-0.39, 0.29) is 11.1 Å². The molecular weight excluding hydrogens is 295 g/mol. The van der Waals surface area contributed by atoms with Gasteiger partial charge in [0.1, 0.15) is 5.69 Å². The molecule has 0 bridgehead atoms. The van der Waals surface area contributed by atoms with Gasteiger partial charge in [-0.25, -0.2) is 4.98 Å². The average molecular weight is 305 g/mol. The van der Waals surface area contributed by atoms with Crippen LogP contribution in [0.2, 0.25) is 0 Å². The summed E-state index contributed by atoms with van der Waals surface area (Å²) in [6.45, 7) is -0.467. The second-order valence-corrected chi connectivity index (χ2v) is 5.79. The molecule has 0 aliphatic heterocycles. The van der Waals surface area contributed by atoms with Crippen molar-refractivity contribution in [1.82, 2.24) is 4.98 Å². The molecule has 1 aromatic heterocycles. The number of aromatic nitrogens is 1. The van der Waals surface area contributed by atoms with Crippen molar-refractivity contribution in [3.05, 3.63) is 41.6 Å². The Bertz CT molecular complexity index is 741. The fourth-order valence-corrected chi connectivity index (χ4v) is 2.02. The van der Waals surface area contributed by atoms with Crippen molar-refractivity contribution < 1.29 is 25.8 Å². The molecule has 2 rings (SSSR count). The van der Waals surface area contributed by atoms with Crippen LogP contribution >= 0.6 is 0 Å². The van der Waals surface area contributed by atoms with Crippen LogP contribution in [0.3, 0.4) is 0 Å². The highest BCUT2D eigenvalue weighted by Gasteiger charge is 2.33. The summed E-state index contributed by atoms with van der Waals surface area (Å²) in [5.41, 5.74) is -0.828. The highest BCUT2D eigenvalue weighted by Crippen LogP contribution is 2.31. The van der Waals surface area contributed by atoms with Gasteiger partial charge >= 0.3 is 6.18 Å². The van der Waals surface area contributed by atoms with E-state index in [0.29, 0.717) is 5.39 Å². The average Bonchev–Trinajstić information content (AvgIpc) is 2.33. The smallest absolute Gasteiger partial charge is 0.265 e. The van der Waals surface area contributed by atoms with E-state index in [1.807, 2.05) is 0 Å². The van der Waals surface area contributed by atoms with Gasteiger partial charge in [-0.3, -0.25) is 4.18 Å². The van der Waals surface area contributed by atoms with Gasteiger partial charge in [0.15, 0.2) is 0 Å². The Morgan fingerprint density at radius 3 is 2.50 bits per heavy atom. The predicted molar refractivity (Wildman–Crippen MR) is 66.4 cm³/mol. The van der Waals surface area contributed by atoms with Crippen molar-refractivity contribution in [3.63, 3.8) is 0 Å². The van der Waals surface area contributed by atoms with Gasteiger partial charge in [0.25, 0.3) is 10.1 Å². The van der Waals surface area contributed by atoms with E-state index in [0.717, 1.165) is 12.3 Å². The first kappa shape index (κ1) is 14.7. The van der Waals surface area contributed by atoms with Crippen molar-refractivity contribution in [3.8, 4) is 0 Å². The fourth-order valence-electron chi connectivity index (χ4n) is 1.68. The molecule has 0 atom stereocenters. The van der Waals surface area contributed by atoms with Gasteiger partial charge in [0.05, 0.1) is 18.4 Å². The molecule has 4 nitrogen and oxygen atoms in total. The van der Waals surface area contributed by atoms with Gasteiger partial charge in [-0.05, 0) is 17.7 Å². The number of benzene rings is 1. The Morgan fingerprint density at radius 2 is 1.90 bits per heavy atom. The SMILES string of the molecule is CS(=O)(=O)OCc1cc(C(F)(F)F)nc2ccccc12. The number of fused-ring (bicyclic) bond motifs is 1. The third-order valence-electron chi connectivity index (χ3n) is 2.52. The molecule has 0 aliphatic carbocycles. The van der Waals surface area contributed by atoms with Crippen molar-refractivity contribution in [1.29, 1.82) is 0 Å². The number of rotatable bonds is 3. The summed E-state index contributed by atoms with van der Waals surface area (Å²) < 4.78 is 64.7. The summed E-state index contributed by atoms with van der Waals surface area (Å²) in [4.78, 5) is 3.52. The maximum atomic E-state index is 12.7. The van der Waals surface area contributed by atoms with Crippen LogP contribution in [-0.2, 0) is 27.1 Å². The van der Waals surface area contributed by atoms with Gasteiger partial charge in [0.2, 0.25) is 0 Å². The van der Waals surface area contributed by atoms with Crippen LogP contribution in [-0.4, -0.2) is 19.7 Å². The number of hydrogen-bond donors (Lipinski definition) is 0. The lowest BCUT2D eigenvalue weighted by molar-refractivity contribution is -0.141. The number of nitrogens with zero attached hydrogens (tertiary/aromatic N) is 1. The van der Waals surface area contributed by atoms with E-state index in [4.69, 9.17) is 0 Å². The predicted octanol–water partition coefficient (Wildman–Crippen LogP) is 2.73. The Kier molecular flexibility index (Phi) is 3.70. The first-order valence-electron chi connectivity index (χ1n) is 5.47. The van der Waals surface area contributed by atoms with Crippen molar-refractivity contribution in [2.24, 2.45) is 0 Å². The normalized spacial score (nSPS) is 12.8. The monoisotopic (exact) mass is 305 g/mol. The van der Waals surface area contributed by atoms with Crippen LogP contribution in [0.15, 0.2) is 30.3 Å². The molecular formula is C12H10F3NO3S. The lowest BCUT2D eigenvalue weighted by atomic mass is 10.1. The minimum absolute atomic E-state index is 0.119. The number of pyridine rings is 1. The topological polar surface area (TPSA) is 56.3 Å². The Labute approximate surface area is 113 Å². The zero-order chi connectivity index (χ0) is 15.0. The van der Waals surface area contributed by atoms with Gasteiger partial charge in [-0.15, -0.1) is 0 Å². The minimum atomic E-state index is -4.61. The Hall–Kier alpha value is -1.67. The molecule has 0 fully saturated rings. The first-order chi connectivity index (χ1) is 9.17. The van der Waals surface area contributed by atoms with E-state index in [1.54, 1.807) is 18.2 Å². The van der Waals surface area contributed by atoms with E-state index in [1.165, 1.54) is 6.07 Å². The van der Waals surface area contributed by atoms with E-state index in [9.17, 15) is 21.6 Å². The van der Waals surface area contributed by atoms with Crippen LogP contribution in [0.1, 0.15) is 11.3 Å². The summed E-state index contributed by atoms with van der Waals surface area (Å²) in [5, 5.41) is 0.421. The van der Waals surface area contributed by atoms with Gasteiger partial charge < -0.3 is 0 Å². The van der Waals surface area contributed by atoms with Crippen LogP contribution in [0.25, 0.3) is 10.9 Å². The summed E-state index contributed by atoms with van der Waals surface area (Å²) in [7, 11) is -3.74. The molecule has 1 aromatic carbocycles. The Balaban J connectivity index is 2.55. The third-order valence-corrected chi connectivity index (χ3v) is 3.07. The summed E-state index contributed by atoms with van der Waals surface area (Å²) >= 11 is 0. The molecule has 108 valence electrons. The van der Waals surface area contributed by atoms with Crippen LogP contribution < -0.4 is 0 Å². The zero-order valence-corrected chi connectivity index (χ0v) is 11.1. The lowest BCUT2D eigenvalue weighted by Gasteiger charge is -2.11. The lowest BCUT2D eigenvalue weighted by Crippen LogP contribution is -2.10. The third kappa shape index (κ3) is 3.45. The Morgan fingerprint density at radius 1 is 1.25 bits per heavy atom. The fraction of sp³-hybridized carbons (Fsp3) is 0.250. The maximum absolute atomic E-state index is 12.7. The largest absolute Gasteiger partial charge is 0.433 e. The molecule has 0 spiro atoms. The van der Waals surface area contributed by atoms with Gasteiger partial charge in [-0.2, -0.15) is 21.6 Å². The quantitative estimate of drug-likeness (QED) is 0.818. The van der Waals surface area contributed by atoms with Gasteiger partial charge in [-0.1, -0.05) is 18.2 Å². The molecule has 0 amide bonds. The number of alkyl halides is 3. The summed E-state index contributed by atoms with van der Waals surface area (Å²) in [6, 6.07) is 6.96. The molecule has 1 heterocycles. The molecule has 0 N–H and O–H groups in total. The van der Waals surface area contributed by atoms with Gasteiger partial charge in [0, 0.05) is 5.39 Å². The zero-order valence-electron chi connectivity index (χ0n) is 10.3. The second-order valence-electron chi connectivity index (χ2n) is 4.15. The number of halogens is 3. The molecule has 8 heteroatoms. The van der Waals surface area contributed by atoms with E-state index in [2.05, 4.69) is 9.17 Å². The van der Waals surface area contributed by atoms with Crippen LogP contribution in [0, 0.1) is 0 Å².